The molecule has 0 aliphatic carbocycles. The van der Waals surface area contributed by atoms with Gasteiger partial charge < -0.3 is 10.1 Å². The Morgan fingerprint density at radius 3 is 2.80 bits per heavy atom. The van der Waals surface area contributed by atoms with Gasteiger partial charge in [-0.25, -0.2) is 0 Å². The minimum atomic E-state index is -0.963. The van der Waals surface area contributed by atoms with Crippen molar-refractivity contribution in [2.75, 3.05) is 25.2 Å². The van der Waals surface area contributed by atoms with E-state index >= 15 is 0 Å². The molecule has 1 saturated heterocycles. The van der Waals surface area contributed by atoms with Crippen LogP contribution in [-0.2, 0) is 20.3 Å². The number of hydrogen-bond donors (Lipinski definition) is 1. The van der Waals surface area contributed by atoms with Gasteiger partial charge in [0.15, 0.2) is 0 Å². The molecule has 0 aromatic heterocycles. The van der Waals surface area contributed by atoms with E-state index in [1.807, 2.05) is 30.3 Å². The second kappa shape index (κ2) is 7.55. The van der Waals surface area contributed by atoms with Crippen LogP contribution >= 0.6 is 0 Å². The molecule has 1 N–H and O–H groups in total. The lowest BCUT2D eigenvalue weighted by Crippen LogP contribution is -2.39. The Labute approximate surface area is 122 Å². The normalized spacial score (nSPS) is 21.9. The van der Waals surface area contributed by atoms with Gasteiger partial charge in [0.25, 0.3) is 0 Å². The van der Waals surface area contributed by atoms with Gasteiger partial charge in [0.05, 0.1) is 18.6 Å². The largest absolute Gasteiger partial charge is 0.381 e. The second-order valence-electron chi connectivity index (χ2n) is 5.13. The van der Waals surface area contributed by atoms with Gasteiger partial charge in [-0.1, -0.05) is 30.3 Å². The lowest BCUT2D eigenvalue weighted by atomic mass is 10.00. The summed E-state index contributed by atoms with van der Waals surface area (Å²) < 4.78 is 16.9. The van der Waals surface area contributed by atoms with Gasteiger partial charge in [-0.15, -0.1) is 0 Å². The summed E-state index contributed by atoms with van der Waals surface area (Å²) in [5.41, 5.74) is 0.993. The summed E-state index contributed by atoms with van der Waals surface area (Å²) in [7, 11) is -0.963. The molecule has 2 rings (SSSR count). The molecule has 1 aromatic carbocycles. The van der Waals surface area contributed by atoms with Crippen LogP contribution in [0.2, 0.25) is 0 Å². The molecule has 3 atom stereocenters. The molecule has 1 fully saturated rings. The van der Waals surface area contributed by atoms with Crippen molar-refractivity contribution in [3.05, 3.63) is 35.9 Å². The molecule has 5 heteroatoms. The molecule has 0 bridgehead atoms. The molecule has 0 spiro atoms. The molecule has 0 radical (unpaired) electrons. The molecule has 1 aromatic rings. The number of hydrogen-bond acceptors (Lipinski definition) is 3. The number of carbonyl (C=O) groups is 1. The van der Waals surface area contributed by atoms with Crippen molar-refractivity contribution < 1.29 is 13.7 Å². The summed E-state index contributed by atoms with van der Waals surface area (Å²) >= 11 is 0. The van der Waals surface area contributed by atoms with Crippen LogP contribution in [-0.4, -0.2) is 35.3 Å². The van der Waals surface area contributed by atoms with Crippen LogP contribution in [0.1, 0.15) is 24.4 Å². The Morgan fingerprint density at radius 1 is 1.45 bits per heavy atom. The number of ether oxygens (including phenoxy) is 1. The van der Waals surface area contributed by atoms with Crippen molar-refractivity contribution in [3.63, 3.8) is 0 Å². The second-order valence-corrected chi connectivity index (χ2v) is 6.61. The van der Waals surface area contributed by atoms with Crippen LogP contribution in [0.3, 0.4) is 0 Å². The number of amides is 1. The molecular formula is C15H21NO3S. The summed E-state index contributed by atoms with van der Waals surface area (Å²) in [5, 5.41) is 3.02. The fourth-order valence-electron chi connectivity index (χ4n) is 2.38. The van der Waals surface area contributed by atoms with E-state index < -0.39 is 10.8 Å². The smallest absolute Gasteiger partial charge is 0.225 e. The molecule has 1 amide bonds. The standard InChI is InChI=1S/C15H21NO3S/c1-20(18)11-14(12-6-3-2-4-7-12)16-15(17)13-8-5-9-19-10-13/h2-4,6-7,13-14H,5,8-11H2,1H3,(H,16,17)/t13-,14+,20-/m1/s1. The number of nitrogens with one attached hydrogen (secondary N) is 1. The highest BCUT2D eigenvalue weighted by Gasteiger charge is 2.25. The maximum atomic E-state index is 12.3. The first-order chi connectivity index (χ1) is 9.66. The SMILES string of the molecule is C[S@@](=O)C[C@H](NC(=O)[C@@H]1CCCOC1)c1ccccc1. The Kier molecular flexibility index (Phi) is 5.73. The minimum absolute atomic E-state index is 0.00371. The van der Waals surface area contributed by atoms with E-state index in [9.17, 15) is 9.00 Å². The van der Waals surface area contributed by atoms with Crippen molar-refractivity contribution in [1.82, 2.24) is 5.32 Å². The third-order valence-corrected chi connectivity index (χ3v) is 4.25. The zero-order valence-electron chi connectivity index (χ0n) is 11.7. The van der Waals surface area contributed by atoms with E-state index in [2.05, 4.69) is 5.32 Å². The average molecular weight is 295 g/mol. The highest BCUT2D eigenvalue weighted by Crippen LogP contribution is 2.18. The Balaban J connectivity index is 2.03. The molecule has 0 unspecified atom stereocenters. The Hall–Kier alpha value is -1.20. The Bertz CT molecular complexity index is 457. The molecule has 1 heterocycles. The first-order valence-electron chi connectivity index (χ1n) is 6.90. The van der Waals surface area contributed by atoms with Crippen LogP contribution in [0.25, 0.3) is 0 Å². The summed E-state index contributed by atoms with van der Waals surface area (Å²) in [6, 6.07) is 9.49. The van der Waals surface area contributed by atoms with Crippen LogP contribution in [0.4, 0.5) is 0 Å². The summed E-state index contributed by atoms with van der Waals surface area (Å²) in [6.45, 7) is 1.23. The van der Waals surface area contributed by atoms with Crippen LogP contribution in [0.5, 0.6) is 0 Å². The fraction of sp³-hybridized carbons (Fsp3) is 0.533. The van der Waals surface area contributed by atoms with Gasteiger partial charge in [-0.05, 0) is 18.4 Å². The van der Waals surface area contributed by atoms with E-state index in [1.165, 1.54) is 0 Å². The maximum absolute atomic E-state index is 12.3. The third kappa shape index (κ3) is 4.42. The van der Waals surface area contributed by atoms with Gasteiger partial charge in [-0.2, -0.15) is 0 Å². The van der Waals surface area contributed by atoms with Gasteiger partial charge in [0, 0.05) is 29.4 Å². The summed E-state index contributed by atoms with van der Waals surface area (Å²) in [4.78, 5) is 12.3. The molecule has 4 nitrogen and oxygen atoms in total. The Morgan fingerprint density at radius 2 is 2.20 bits per heavy atom. The minimum Gasteiger partial charge on any atom is -0.381 e. The fourth-order valence-corrected chi connectivity index (χ4v) is 3.12. The van der Waals surface area contributed by atoms with Crippen molar-refractivity contribution in [2.24, 2.45) is 5.92 Å². The predicted octanol–water partition coefficient (Wildman–Crippen LogP) is 1.65. The van der Waals surface area contributed by atoms with Gasteiger partial charge in [0.2, 0.25) is 5.91 Å². The topological polar surface area (TPSA) is 55.4 Å². The highest BCUT2D eigenvalue weighted by atomic mass is 32.2. The summed E-state index contributed by atoms with van der Waals surface area (Å²) in [5.74, 6) is 0.354. The zero-order valence-corrected chi connectivity index (χ0v) is 12.5. The summed E-state index contributed by atoms with van der Waals surface area (Å²) in [6.07, 6.45) is 3.45. The lowest BCUT2D eigenvalue weighted by Gasteiger charge is -2.25. The zero-order chi connectivity index (χ0) is 14.4. The van der Waals surface area contributed by atoms with Crippen LogP contribution in [0.15, 0.2) is 30.3 Å². The van der Waals surface area contributed by atoms with Crippen molar-refractivity contribution in [1.29, 1.82) is 0 Å². The van der Waals surface area contributed by atoms with E-state index in [1.54, 1.807) is 6.26 Å². The number of rotatable bonds is 5. The lowest BCUT2D eigenvalue weighted by molar-refractivity contribution is -0.129. The molecule has 0 saturated carbocycles. The van der Waals surface area contributed by atoms with Crippen molar-refractivity contribution >= 4 is 16.7 Å². The first-order valence-corrected chi connectivity index (χ1v) is 8.62. The van der Waals surface area contributed by atoms with Crippen molar-refractivity contribution in [2.45, 2.75) is 18.9 Å². The molecule has 1 aliphatic heterocycles. The number of benzene rings is 1. The van der Waals surface area contributed by atoms with E-state index in [-0.39, 0.29) is 17.9 Å². The molecule has 110 valence electrons. The third-order valence-electron chi connectivity index (χ3n) is 3.45. The van der Waals surface area contributed by atoms with Crippen LogP contribution < -0.4 is 5.32 Å². The highest BCUT2D eigenvalue weighted by molar-refractivity contribution is 7.84. The molecular weight excluding hydrogens is 274 g/mol. The van der Waals surface area contributed by atoms with Crippen molar-refractivity contribution in [3.8, 4) is 0 Å². The van der Waals surface area contributed by atoms with E-state index in [4.69, 9.17) is 4.74 Å². The number of carbonyl (C=O) groups excluding carboxylic acids is 1. The molecule has 1 aliphatic rings. The van der Waals surface area contributed by atoms with Gasteiger partial charge in [-0.3, -0.25) is 9.00 Å². The molecule has 20 heavy (non-hydrogen) atoms. The van der Waals surface area contributed by atoms with Crippen LogP contribution in [0, 0.1) is 5.92 Å². The van der Waals surface area contributed by atoms with E-state index in [0.717, 1.165) is 25.0 Å². The first kappa shape index (κ1) is 15.2. The van der Waals surface area contributed by atoms with Gasteiger partial charge in [0.1, 0.15) is 0 Å². The monoisotopic (exact) mass is 295 g/mol. The predicted molar refractivity (Wildman–Crippen MR) is 79.8 cm³/mol. The van der Waals surface area contributed by atoms with E-state index in [0.29, 0.717) is 12.4 Å². The average Bonchev–Trinajstić information content (AvgIpc) is 2.48. The van der Waals surface area contributed by atoms with Gasteiger partial charge >= 0.3 is 0 Å². The quantitative estimate of drug-likeness (QED) is 0.898. The maximum Gasteiger partial charge on any atom is 0.225 e.